The van der Waals surface area contributed by atoms with Crippen LogP contribution in [-0.4, -0.2) is 4.98 Å². The zero-order valence-electron chi connectivity index (χ0n) is 9.41. The number of hydrogen-bond acceptors (Lipinski definition) is 4. The summed E-state index contributed by atoms with van der Waals surface area (Å²) in [6.45, 7) is 0. The van der Waals surface area contributed by atoms with Gasteiger partial charge in [-0.1, -0.05) is 0 Å². The van der Waals surface area contributed by atoms with Crippen LogP contribution in [0.3, 0.4) is 0 Å². The minimum atomic E-state index is -4.51. The van der Waals surface area contributed by atoms with Gasteiger partial charge in [-0.25, -0.2) is 5.43 Å². The third-order valence-corrected chi connectivity index (χ3v) is 2.72. The third-order valence-electron chi connectivity index (χ3n) is 2.51. The molecule has 0 aliphatic rings. The van der Waals surface area contributed by atoms with Crippen LogP contribution in [0.2, 0.25) is 5.22 Å². The van der Waals surface area contributed by atoms with Crippen LogP contribution in [-0.2, 0) is 6.18 Å². The Morgan fingerprint density at radius 3 is 2.58 bits per heavy atom. The molecule has 0 aliphatic carbocycles. The number of rotatable bonds is 3. The zero-order chi connectivity index (χ0) is 14.0. The van der Waals surface area contributed by atoms with Crippen LogP contribution in [0, 0.1) is 0 Å². The van der Waals surface area contributed by atoms with E-state index >= 15 is 0 Å². The number of aromatic nitrogens is 1. The van der Waals surface area contributed by atoms with Crippen molar-refractivity contribution in [2.75, 3.05) is 0 Å². The van der Waals surface area contributed by atoms with Crippen molar-refractivity contribution in [2.24, 2.45) is 5.84 Å². The highest BCUT2D eigenvalue weighted by Crippen LogP contribution is 2.36. The first-order chi connectivity index (χ1) is 8.93. The number of alkyl halides is 3. The maximum Gasteiger partial charge on any atom is 0.416 e. The smallest absolute Gasteiger partial charge is 0.416 e. The Kier molecular flexibility index (Phi) is 3.79. The summed E-state index contributed by atoms with van der Waals surface area (Å²) in [6, 6.07) is 2.76. The van der Waals surface area contributed by atoms with Crippen LogP contribution in [0.5, 0.6) is 0 Å². The highest BCUT2D eigenvalue weighted by molar-refractivity contribution is 6.28. The quantitative estimate of drug-likeness (QED) is 0.674. The van der Waals surface area contributed by atoms with Crippen LogP contribution in [0.1, 0.15) is 22.9 Å². The fourth-order valence-electron chi connectivity index (χ4n) is 1.70. The Morgan fingerprint density at radius 1 is 1.32 bits per heavy atom. The van der Waals surface area contributed by atoms with E-state index < -0.39 is 17.8 Å². The minimum Gasteiger partial charge on any atom is -0.448 e. The van der Waals surface area contributed by atoms with Crippen molar-refractivity contribution < 1.29 is 17.6 Å². The lowest BCUT2D eigenvalue weighted by atomic mass is 10.0. The molecule has 2 aromatic heterocycles. The van der Waals surface area contributed by atoms with Gasteiger partial charge in [0, 0.05) is 18.0 Å². The van der Waals surface area contributed by atoms with E-state index in [0.29, 0.717) is 0 Å². The van der Waals surface area contributed by atoms with E-state index in [0.717, 1.165) is 18.5 Å². The molecule has 0 bridgehead atoms. The Hall–Kier alpha value is -1.57. The maximum absolute atomic E-state index is 12.9. The Morgan fingerprint density at radius 2 is 2.05 bits per heavy atom. The van der Waals surface area contributed by atoms with Crippen molar-refractivity contribution >= 4 is 11.6 Å². The largest absolute Gasteiger partial charge is 0.448 e. The van der Waals surface area contributed by atoms with Gasteiger partial charge in [-0.15, -0.1) is 0 Å². The van der Waals surface area contributed by atoms with Crippen LogP contribution >= 0.6 is 11.6 Å². The van der Waals surface area contributed by atoms with E-state index in [2.05, 4.69) is 10.4 Å². The summed E-state index contributed by atoms with van der Waals surface area (Å²) < 4.78 is 43.8. The van der Waals surface area contributed by atoms with Crippen molar-refractivity contribution in [3.8, 4) is 0 Å². The average Bonchev–Trinajstić information content (AvgIpc) is 2.76. The highest BCUT2D eigenvalue weighted by Gasteiger charge is 2.36. The first kappa shape index (κ1) is 13.9. The molecule has 0 aromatic carbocycles. The SMILES string of the molecule is NNC(c1ccc(Cl)o1)c1cnccc1C(F)(F)F. The van der Waals surface area contributed by atoms with Crippen molar-refractivity contribution in [3.05, 3.63) is 52.7 Å². The number of nitrogens with two attached hydrogens (primary N) is 1. The summed E-state index contributed by atoms with van der Waals surface area (Å²) in [4.78, 5) is 3.69. The van der Waals surface area contributed by atoms with E-state index in [1.165, 1.54) is 12.1 Å². The van der Waals surface area contributed by atoms with E-state index in [9.17, 15) is 13.2 Å². The first-order valence-corrected chi connectivity index (χ1v) is 5.53. The van der Waals surface area contributed by atoms with E-state index in [4.69, 9.17) is 21.9 Å². The second-order valence-corrected chi connectivity index (χ2v) is 4.07. The molecule has 0 fully saturated rings. The number of hydrogen-bond donors (Lipinski definition) is 2. The van der Waals surface area contributed by atoms with E-state index in [1.807, 2.05) is 0 Å². The molecule has 0 saturated heterocycles. The van der Waals surface area contributed by atoms with Gasteiger partial charge in [-0.2, -0.15) is 13.2 Å². The molecule has 0 aliphatic heterocycles. The number of nitrogens with one attached hydrogen (secondary N) is 1. The zero-order valence-corrected chi connectivity index (χ0v) is 10.2. The van der Waals surface area contributed by atoms with Gasteiger partial charge in [0.15, 0.2) is 5.22 Å². The molecule has 3 N–H and O–H groups in total. The Balaban J connectivity index is 2.50. The molecule has 8 heteroatoms. The van der Waals surface area contributed by atoms with Gasteiger partial charge in [0.1, 0.15) is 11.8 Å². The lowest BCUT2D eigenvalue weighted by molar-refractivity contribution is -0.138. The van der Waals surface area contributed by atoms with Crippen LogP contribution in [0.25, 0.3) is 0 Å². The molecule has 2 rings (SSSR count). The van der Waals surface area contributed by atoms with Gasteiger partial charge in [0.25, 0.3) is 0 Å². The second kappa shape index (κ2) is 5.20. The molecule has 0 saturated carbocycles. The summed E-state index contributed by atoms with van der Waals surface area (Å²) in [5.41, 5.74) is 1.30. The van der Waals surface area contributed by atoms with Gasteiger partial charge in [0.2, 0.25) is 0 Å². The van der Waals surface area contributed by atoms with Crippen molar-refractivity contribution in [1.29, 1.82) is 0 Å². The predicted octanol–water partition coefficient (Wildman–Crippen LogP) is 2.90. The minimum absolute atomic E-state index is 0.0627. The third kappa shape index (κ3) is 2.89. The molecule has 2 aromatic rings. The molecule has 2 heterocycles. The average molecular weight is 292 g/mol. The van der Waals surface area contributed by atoms with Gasteiger partial charge < -0.3 is 4.42 Å². The number of halogens is 4. The first-order valence-electron chi connectivity index (χ1n) is 5.16. The molecule has 4 nitrogen and oxygen atoms in total. The summed E-state index contributed by atoms with van der Waals surface area (Å²) >= 11 is 5.61. The number of furan rings is 1. The Bertz CT molecular complexity index is 570. The molecule has 0 amide bonds. The van der Waals surface area contributed by atoms with Gasteiger partial charge in [-0.3, -0.25) is 10.8 Å². The maximum atomic E-state index is 12.9. The monoisotopic (exact) mass is 291 g/mol. The van der Waals surface area contributed by atoms with E-state index in [-0.39, 0.29) is 16.5 Å². The molecule has 0 spiro atoms. The molecule has 0 radical (unpaired) electrons. The van der Waals surface area contributed by atoms with Crippen molar-refractivity contribution in [2.45, 2.75) is 12.2 Å². The number of nitrogens with zero attached hydrogens (tertiary/aromatic N) is 1. The van der Waals surface area contributed by atoms with Crippen LogP contribution in [0.4, 0.5) is 13.2 Å². The highest BCUT2D eigenvalue weighted by atomic mass is 35.5. The van der Waals surface area contributed by atoms with Gasteiger partial charge in [-0.05, 0) is 29.8 Å². The summed E-state index contributed by atoms with van der Waals surface area (Å²) in [5, 5.41) is 0.0627. The fourth-order valence-corrected chi connectivity index (χ4v) is 1.86. The number of pyridine rings is 1. The second-order valence-electron chi connectivity index (χ2n) is 3.70. The Labute approximate surface area is 111 Å². The summed E-state index contributed by atoms with van der Waals surface area (Å²) in [5.74, 6) is 5.48. The van der Waals surface area contributed by atoms with Crippen molar-refractivity contribution in [1.82, 2.24) is 10.4 Å². The lowest BCUT2D eigenvalue weighted by Gasteiger charge is -2.18. The molecular formula is C11H9ClF3N3O. The molecule has 1 atom stereocenters. The van der Waals surface area contributed by atoms with Gasteiger partial charge >= 0.3 is 6.18 Å². The normalized spacial score (nSPS) is 13.5. The molecule has 1 unspecified atom stereocenters. The fraction of sp³-hybridized carbons (Fsp3) is 0.182. The topological polar surface area (TPSA) is 64.1 Å². The molecule has 19 heavy (non-hydrogen) atoms. The summed E-state index contributed by atoms with van der Waals surface area (Å²) in [7, 11) is 0. The van der Waals surface area contributed by atoms with Crippen LogP contribution < -0.4 is 11.3 Å². The standard InChI is InChI=1S/C11H9ClF3N3O/c12-9-2-1-8(19-9)10(18-16)6-5-17-4-3-7(6)11(13,14)15/h1-5,10,18H,16H2. The summed E-state index contributed by atoms with van der Waals surface area (Å²) in [6.07, 6.45) is -2.36. The van der Waals surface area contributed by atoms with Crippen molar-refractivity contribution in [3.63, 3.8) is 0 Å². The van der Waals surface area contributed by atoms with Crippen LogP contribution in [0.15, 0.2) is 35.0 Å². The molecule has 102 valence electrons. The van der Waals surface area contributed by atoms with E-state index in [1.54, 1.807) is 0 Å². The molecular weight excluding hydrogens is 283 g/mol. The predicted molar refractivity (Wildman–Crippen MR) is 62.1 cm³/mol. The lowest BCUT2D eigenvalue weighted by Crippen LogP contribution is -2.30. The van der Waals surface area contributed by atoms with Gasteiger partial charge in [0.05, 0.1) is 5.56 Å². The number of hydrazine groups is 1.